The van der Waals surface area contributed by atoms with Gasteiger partial charge in [0.15, 0.2) is 0 Å². The van der Waals surface area contributed by atoms with Crippen LogP contribution in [0.1, 0.15) is 23.7 Å². The molecule has 1 aliphatic rings. The van der Waals surface area contributed by atoms with Gasteiger partial charge < -0.3 is 20.5 Å². The number of amides is 1. The van der Waals surface area contributed by atoms with E-state index in [2.05, 4.69) is 5.32 Å². The van der Waals surface area contributed by atoms with Crippen molar-refractivity contribution in [2.24, 2.45) is 0 Å². The lowest BCUT2D eigenvalue weighted by atomic mass is 10.1. The zero-order chi connectivity index (χ0) is 13.0. The van der Waals surface area contributed by atoms with Gasteiger partial charge in [-0.1, -0.05) is 0 Å². The fourth-order valence-electron chi connectivity index (χ4n) is 1.87. The van der Waals surface area contributed by atoms with E-state index in [1.54, 1.807) is 18.2 Å². The number of carbonyl (C=O) groups is 1. The molecular weight excluding hydrogens is 232 g/mol. The van der Waals surface area contributed by atoms with Gasteiger partial charge in [0.2, 0.25) is 0 Å². The molecule has 1 aliphatic heterocycles. The Balaban J connectivity index is 2.19. The van der Waals surface area contributed by atoms with Crippen LogP contribution in [0.15, 0.2) is 18.2 Å². The molecule has 98 valence electrons. The van der Waals surface area contributed by atoms with E-state index in [1.165, 1.54) is 0 Å². The van der Waals surface area contributed by atoms with E-state index in [0.29, 0.717) is 36.8 Å². The van der Waals surface area contributed by atoms with Crippen LogP contribution in [0.3, 0.4) is 0 Å². The molecule has 0 aliphatic carbocycles. The first-order valence-corrected chi connectivity index (χ1v) is 6.13. The Morgan fingerprint density at radius 1 is 1.61 bits per heavy atom. The Bertz CT molecular complexity index is 428. The molecule has 0 radical (unpaired) electrons. The highest BCUT2D eigenvalue weighted by atomic mass is 16.5. The van der Waals surface area contributed by atoms with E-state index in [1.807, 2.05) is 6.92 Å². The van der Waals surface area contributed by atoms with Gasteiger partial charge in [-0.15, -0.1) is 0 Å². The van der Waals surface area contributed by atoms with Gasteiger partial charge in [0.05, 0.1) is 18.8 Å². The molecular formula is C13H18N2O3. The second-order valence-electron chi connectivity index (χ2n) is 4.22. The summed E-state index contributed by atoms with van der Waals surface area (Å²) in [5.74, 6) is 0.378. The molecule has 0 bridgehead atoms. The molecule has 1 unspecified atom stereocenters. The van der Waals surface area contributed by atoms with Crippen LogP contribution in [0.25, 0.3) is 0 Å². The number of rotatable bonds is 4. The van der Waals surface area contributed by atoms with Gasteiger partial charge in [-0.3, -0.25) is 4.79 Å². The lowest BCUT2D eigenvalue weighted by molar-refractivity contribution is 0.0945. The van der Waals surface area contributed by atoms with Crippen molar-refractivity contribution < 1.29 is 14.3 Å². The molecule has 18 heavy (non-hydrogen) atoms. The van der Waals surface area contributed by atoms with Crippen LogP contribution in [0.4, 0.5) is 5.69 Å². The number of nitrogen functional groups attached to an aromatic ring is 1. The van der Waals surface area contributed by atoms with Gasteiger partial charge in [-0.25, -0.2) is 0 Å². The first kappa shape index (κ1) is 12.7. The third kappa shape index (κ3) is 2.92. The Hall–Kier alpha value is -1.75. The van der Waals surface area contributed by atoms with Crippen molar-refractivity contribution in [1.82, 2.24) is 5.32 Å². The number of anilines is 1. The second kappa shape index (κ2) is 5.73. The number of nitrogens with two attached hydrogens (primary N) is 1. The van der Waals surface area contributed by atoms with Crippen LogP contribution in [0.5, 0.6) is 5.75 Å². The molecule has 5 nitrogen and oxygen atoms in total. The average molecular weight is 250 g/mol. The quantitative estimate of drug-likeness (QED) is 0.787. The van der Waals surface area contributed by atoms with Crippen LogP contribution < -0.4 is 15.8 Å². The molecule has 3 N–H and O–H groups in total. The molecule has 0 saturated carbocycles. The molecule has 1 fully saturated rings. The van der Waals surface area contributed by atoms with E-state index >= 15 is 0 Å². The summed E-state index contributed by atoms with van der Waals surface area (Å²) in [6.45, 7) is 3.71. The number of carbonyl (C=O) groups excluding carboxylic acids is 1. The highest BCUT2D eigenvalue weighted by Gasteiger charge is 2.20. The Labute approximate surface area is 106 Å². The van der Waals surface area contributed by atoms with E-state index < -0.39 is 0 Å². The maximum atomic E-state index is 11.9. The van der Waals surface area contributed by atoms with Crippen LogP contribution >= 0.6 is 0 Å². The summed E-state index contributed by atoms with van der Waals surface area (Å²) in [6.07, 6.45) is 0.837. The summed E-state index contributed by atoms with van der Waals surface area (Å²) in [5.41, 5.74) is 6.83. The maximum Gasteiger partial charge on any atom is 0.255 e. The summed E-state index contributed by atoms with van der Waals surface area (Å²) < 4.78 is 11.0. The summed E-state index contributed by atoms with van der Waals surface area (Å²) >= 11 is 0. The third-order valence-electron chi connectivity index (χ3n) is 2.77. The highest BCUT2D eigenvalue weighted by molar-refractivity contribution is 5.97. The van der Waals surface area contributed by atoms with Crippen LogP contribution in [0.2, 0.25) is 0 Å². The first-order chi connectivity index (χ1) is 8.70. The number of nitrogens with one attached hydrogen (secondary N) is 1. The predicted molar refractivity (Wildman–Crippen MR) is 68.7 cm³/mol. The molecule has 1 aromatic carbocycles. The number of hydrogen-bond acceptors (Lipinski definition) is 4. The standard InChI is InChI=1S/C13H18N2O3/c1-2-15-13(16)11-4-3-9(14)7-12(11)18-10-5-6-17-8-10/h3-4,7,10H,2,5-6,8,14H2,1H3,(H,15,16). The predicted octanol–water partition coefficient (Wildman–Crippen LogP) is 1.19. The summed E-state index contributed by atoms with van der Waals surface area (Å²) in [4.78, 5) is 11.9. The highest BCUT2D eigenvalue weighted by Crippen LogP contribution is 2.24. The van der Waals surface area contributed by atoms with Gasteiger partial charge in [-0.2, -0.15) is 0 Å². The minimum absolute atomic E-state index is 0.0000217. The van der Waals surface area contributed by atoms with E-state index in [9.17, 15) is 4.79 Å². The van der Waals surface area contributed by atoms with Crippen molar-refractivity contribution in [2.45, 2.75) is 19.4 Å². The summed E-state index contributed by atoms with van der Waals surface area (Å²) in [5, 5.41) is 2.76. The maximum absolute atomic E-state index is 11.9. The van der Waals surface area contributed by atoms with Crippen molar-refractivity contribution in [3.8, 4) is 5.75 Å². The molecule has 1 amide bonds. The lowest BCUT2D eigenvalue weighted by Crippen LogP contribution is -2.25. The molecule has 1 atom stereocenters. The van der Waals surface area contributed by atoms with Gasteiger partial charge in [0, 0.05) is 24.7 Å². The van der Waals surface area contributed by atoms with Crippen molar-refractivity contribution in [3.63, 3.8) is 0 Å². The van der Waals surface area contributed by atoms with Gasteiger partial charge in [-0.05, 0) is 19.1 Å². The molecule has 1 saturated heterocycles. The molecule has 0 spiro atoms. The summed E-state index contributed by atoms with van der Waals surface area (Å²) in [6, 6.07) is 5.07. The molecule has 5 heteroatoms. The van der Waals surface area contributed by atoms with Gasteiger partial charge in [0.1, 0.15) is 11.9 Å². The SMILES string of the molecule is CCNC(=O)c1ccc(N)cc1OC1CCOC1. The average Bonchev–Trinajstić information content (AvgIpc) is 2.82. The van der Waals surface area contributed by atoms with Crippen molar-refractivity contribution in [1.29, 1.82) is 0 Å². The number of hydrogen-bond donors (Lipinski definition) is 2. The van der Waals surface area contributed by atoms with Gasteiger partial charge in [0.25, 0.3) is 5.91 Å². The largest absolute Gasteiger partial charge is 0.487 e. The number of benzene rings is 1. The van der Waals surface area contributed by atoms with Gasteiger partial charge >= 0.3 is 0 Å². The Kier molecular flexibility index (Phi) is 4.04. The normalized spacial score (nSPS) is 18.6. The minimum Gasteiger partial charge on any atom is -0.487 e. The Morgan fingerprint density at radius 3 is 3.11 bits per heavy atom. The monoisotopic (exact) mass is 250 g/mol. The van der Waals surface area contributed by atoms with Crippen LogP contribution in [-0.2, 0) is 4.74 Å². The zero-order valence-corrected chi connectivity index (χ0v) is 10.4. The van der Waals surface area contributed by atoms with E-state index in [0.717, 1.165) is 6.42 Å². The lowest BCUT2D eigenvalue weighted by Gasteiger charge is -2.15. The zero-order valence-electron chi connectivity index (χ0n) is 10.4. The van der Waals surface area contributed by atoms with E-state index in [4.69, 9.17) is 15.2 Å². The fourth-order valence-corrected chi connectivity index (χ4v) is 1.87. The molecule has 2 rings (SSSR count). The van der Waals surface area contributed by atoms with Crippen LogP contribution in [-0.4, -0.2) is 31.8 Å². The topological polar surface area (TPSA) is 73.6 Å². The number of ether oxygens (including phenoxy) is 2. The summed E-state index contributed by atoms with van der Waals surface area (Å²) in [7, 11) is 0. The van der Waals surface area contributed by atoms with Crippen molar-refractivity contribution in [3.05, 3.63) is 23.8 Å². The third-order valence-corrected chi connectivity index (χ3v) is 2.77. The molecule has 1 aromatic rings. The smallest absolute Gasteiger partial charge is 0.255 e. The first-order valence-electron chi connectivity index (χ1n) is 6.13. The minimum atomic E-state index is -0.147. The second-order valence-corrected chi connectivity index (χ2v) is 4.22. The van der Waals surface area contributed by atoms with Crippen molar-refractivity contribution in [2.75, 3.05) is 25.5 Å². The molecule has 1 heterocycles. The van der Waals surface area contributed by atoms with Crippen molar-refractivity contribution >= 4 is 11.6 Å². The van der Waals surface area contributed by atoms with E-state index in [-0.39, 0.29) is 12.0 Å². The molecule has 0 aromatic heterocycles. The Morgan fingerprint density at radius 2 is 2.44 bits per heavy atom. The fraction of sp³-hybridized carbons (Fsp3) is 0.462. The van der Waals surface area contributed by atoms with Crippen LogP contribution in [0, 0.1) is 0 Å².